The molecule has 1 aliphatic rings. The number of nitrogens with zero attached hydrogens (tertiary/aromatic N) is 2. The molecular weight excluding hydrogens is 322 g/mol. The third kappa shape index (κ3) is 3.46. The summed E-state index contributed by atoms with van der Waals surface area (Å²) in [5, 5.41) is 23.1. The van der Waals surface area contributed by atoms with E-state index in [0.29, 0.717) is 30.8 Å². The van der Waals surface area contributed by atoms with Gasteiger partial charge in [-0.1, -0.05) is 6.07 Å². The lowest BCUT2D eigenvalue weighted by molar-refractivity contribution is -0.384. The van der Waals surface area contributed by atoms with Crippen LogP contribution in [0.5, 0.6) is 0 Å². The van der Waals surface area contributed by atoms with Gasteiger partial charge in [0.1, 0.15) is 0 Å². The third-order valence-electron chi connectivity index (χ3n) is 4.28. The van der Waals surface area contributed by atoms with E-state index in [-0.39, 0.29) is 18.2 Å². The Bertz CT molecular complexity index is 835. The molecule has 0 spiro atoms. The van der Waals surface area contributed by atoms with Crippen molar-refractivity contribution in [1.29, 1.82) is 0 Å². The van der Waals surface area contributed by atoms with Gasteiger partial charge in [0.15, 0.2) is 0 Å². The minimum Gasteiger partial charge on any atom is -0.396 e. The number of carbonyl (C=O) groups is 1. The first-order valence-electron chi connectivity index (χ1n) is 8.04. The van der Waals surface area contributed by atoms with Gasteiger partial charge in [0.05, 0.1) is 4.92 Å². The lowest BCUT2D eigenvalue weighted by Crippen LogP contribution is -2.25. The monoisotopic (exact) mass is 341 g/mol. The van der Waals surface area contributed by atoms with Gasteiger partial charge in [-0.2, -0.15) is 0 Å². The van der Waals surface area contributed by atoms with Gasteiger partial charge in [0.2, 0.25) is 0 Å². The zero-order chi connectivity index (χ0) is 18.0. The summed E-state index contributed by atoms with van der Waals surface area (Å²) in [6, 6.07) is 10.1. The van der Waals surface area contributed by atoms with E-state index in [2.05, 4.69) is 5.32 Å². The van der Waals surface area contributed by atoms with Crippen molar-refractivity contribution in [2.24, 2.45) is 0 Å². The first-order chi connectivity index (χ1) is 12.0. The van der Waals surface area contributed by atoms with Gasteiger partial charge in [-0.25, -0.2) is 0 Å². The Hall–Kier alpha value is -2.93. The van der Waals surface area contributed by atoms with Crippen molar-refractivity contribution in [2.75, 3.05) is 18.5 Å². The van der Waals surface area contributed by atoms with E-state index in [4.69, 9.17) is 5.11 Å². The van der Waals surface area contributed by atoms with Crippen molar-refractivity contribution >= 4 is 23.0 Å². The molecule has 0 atom stereocenters. The molecular formula is C18H19N3O4. The van der Waals surface area contributed by atoms with Gasteiger partial charge in [0.25, 0.3) is 11.6 Å². The summed E-state index contributed by atoms with van der Waals surface area (Å²) < 4.78 is 0. The van der Waals surface area contributed by atoms with Gasteiger partial charge >= 0.3 is 0 Å². The van der Waals surface area contributed by atoms with Crippen LogP contribution in [0.4, 0.5) is 17.1 Å². The maximum absolute atomic E-state index is 12.3. The minimum absolute atomic E-state index is 0.0264. The van der Waals surface area contributed by atoms with Crippen molar-refractivity contribution in [3.05, 3.63) is 63.2 Å². The number of nitro benzene ring substituents is 1. The molecule has 2 aromatic carbocycles. The predicted octanol–water partition coefficient (Wildman–Crippen LogP) is 2.99. The molecule has 0 saturated heterocycles. The maximum atomic E-state index is 12.3. The summed E-state index contributed by atoms with van der Waals surface area (Å²) >= 11 is 0. The topological polar surface area (TPSA) is 95.7 Å². The molecule has 1 aliphatic heterocycles. The SMILES string of the molecule is Cc1ccc([N+](=O)[O-])cc1Nc1ccc2c(c1)CN(CCCO)C2=O. The number of aryl methyl sites for hydroxylation is 1. The summed E-state index contributed by atoms with van der Waals surface area (Å²) in [5.41, 5.74) is 3.94. The van der Waals surface area contributed by atoms with E-state index in [1.165, 1.54) is 12.1 Å². The zero-order valence-electron chi connectivity index (χ0n) is 13.9. The number of aliphatic hydroxyl groups excluding tert-OH is 1. The van der Waals surface area contributed by atoms with Gasteiger partial charge in [-0.15, -0.1) is 0 Å². The third-order valence-corrected chi connectivity index (χ3v) is 4.28. The molecule has 2 N–H and O–H groups in total. The van der Waals surface area contributed by atoms with E-state index < -0.39 is 4.92 Å². The second-order valence-electron chi connectivity index (χ2n) is 6.06. The van der Waals surface area contributed by atoms with Gasteiger partial charge in [-0.3, -0.25) is 14.9 Å². The fourth-order valence-corrected chi connectivity index (χ4v) is 2.91. The van der Waals surface area contributed by atoms with Crippen molar-refractivity contribution in [1.82, 2.24) is 4.90 Å². The molecule has 0 aliphatic carbocycles. The number of non-ortho nitro benzene ring substituents is 1. The van der Waals surface area contributed by atoms with E-state index >= 15 is 0 Å². The highest BCUT2D eigenvalue weighted by molar-refractivity contribution is 5.98. The zero-order valence-corrected chi connectivity index (χ0v) is 13.9. The first-order valence-corrected chi connectivity index (χ1v) is 8.04. The van der Waals surface area contributed by atoms with E-state index in [1.54, 1.807) is 23.1 Å². The molecule has 130 valence electrons. The number of fused-ring (bicyclic) bond motifs is 1. The number of nitro groups is 1. The number of rotatable bonds is 6. The second-order valence-corrected chi connectivity index (χ2v) is 6.06. The number of anilines is 2. The minimum atomic E-state index is -0.426. The molecule has 2 aromatic rings. The average Bonchev–Trinajstić information content (AvgIpc) is 2.90. The molecule has 7 nitrogen and oxygen atoms in total. The Morgan fingerprint density at radius 2 is 2.08 bits per heavy atom. The highest BCUT2D eigenvalue weighted by Crippen LogP contribution is 2.29. The van der Waals surface area contributed by atoms with Crippen LogP contribution in [0.1, 0.15) is 27.9 Å². The van der Waals surface area contributed by atoms with Crippen molar-refractivity contribution in [3.8, 4) is 0 Å². The second kappa shape index (κ2) is 6.90. The summed E-state index contributed by atoms with van der Waals surface area (Å²) in [4.78, 5) is 24.5. The molecule has 3 rings (SSSR count). The molecule has 0 unspecified atom stereocenters. The van der Waals surface area contributed by atoms with Crippen LogP contribution in [0.3, 0.4) is 0 Å². The van der Waals surface area contributed by atoms with E-state index in [1.807, 2.05) is 13.0 Å². The number of amides is 1. The van der Waals surface area contributed by atoms with E-state index in [9.17, 15) is 14.9 Å². The molecule has 7 heteroatoms. The quantitative estimate of drug-likeness (QED) is 0.622. The number of nitrogens with one attached hydrogen (secondary N) is 1. The Labute approximate surface area is 145 Å². The van der Waals surface area contributed by atoms with Gasteiger partial charge < -0.3 is 15.3 Å². The Morgan fingerprint density at radius 3 is 2.80 bits per heavy atom. The molecule has 0 aromatic heterocycles. The standard InChI is InChI=1S/C18H19N3O4/c1-12-3-5-15(21(24)25)10-17(12)19-14-4-6-16-13(9-14)11-20(18(16)23)7-2-8-22/h3-6,9-10,19,22H,2,7-8,11H2,1H3. The van der Waals surface area contributed by atoms with Crippen LogP contribution >= 0.6 is 0 Å². The first kappa shape index (κ1) is 16.9. The number of aliphatic hydroxyl groups is 1. The van der Waals surface area contributed by atoms with Crippen LogP contribution in [0.2, 0.25) is 0 Å². The summed E-state index contributed by atoms with van der Waals surface area (Å²) in [6.45, 7) is 2.97. The lowest BCUT2D eigenvalue weighted by Gasteiger charge is -2.14. The maximum Gasteiger partial charge on any atom is 0.271 e. The fraction of sp³-hybridized carbons (Fsp3) is 0.278. The van der Waals surface area contributed by atoms with Crippen LogP contribution in [0, 0.1) is 17.0 Å². The fourth-order valence-electron chi connectivity index (χ4n) is 2.91. The Morgan fingerprint density at radius 1 is 1.28 bits per heavy atom. The van der Waals surface area contributed by atoms with Gasteiger partial charge in [0, 0.05) is 48.8 Å². The number of hydrogen-bond acceptors (Lipinski definition) is 5. The molecule has 1 amide bonds. The Balaban J connectivity index is 1.82. The molecule has 25 heavy (non-hydrogen) atoms. The largest absolute Gasteiger partial charge is 0.396 e. The highest BCUT2D eigenvalue weighted by atomic mass is 16.6. The number of hydrogen-bond donors (Lipinski definition) is 2. The average molecular weight is 341 g/mol. The van der Waals surface area contributed by atoms with Crippen LogP contribution < -0.4 is 5.32 Å². The van der Waals surface area contributed by atoms with Crippen LogP contribution in [-0.4, -0.2) is 34.0 Å². The Kier molecular flexibility index (Phi) is 4.67. The van der Waals surface area contributed by atoms with Crippen molar-refractivity contribution < 1.29 is 14.8 Å². The van der Waals surface area contributed by atoms with Crippen LogP contribution in [-0.2, 0) is 6.54 Å². The van der Waals surface area contributed by atoms with Crippen molar-refractivity contribution in [3.63, 3.8) is 0 Å². The summed E-state index contributed by atoms with van der Waals surface area (Å²) in [6.07, 6.45) is 0.553. The van der Waals surface area contributed by atoms with Crippen LogP contribution in [0.15, 0.2) is 36.4 Å². The van der Waals surface area contributed by atoms with Crippen molar-refractivity contribution in [2.45, 2.75) is 19.9 Å². The summed E-state index contributed by atoms with van der Waals surface area (Å²) in [7, 11) is 0. The molecule has 0 saturated carbocycles. The molecule has 1 heterocycles. The molecule has 0 bridgehead atoms. The number of carbonyl (C=O) groups excluding carboxylic acids is 1. The lowest BCUT2D eigenvalue weighted by atomic mass is 10.1. The molecule has 0 radical (unpaired) electrons. The smallest absolute Gasteiger partial charge is 0.271 e. The number of benzene rings is 2. The highest BCUT2D eigenvalue weighted by Gasteiger charge is 2.26. The molecule has 0 fully saturated rings. The van der Waals surface area contributed by atoms with Crippen LogP contribution in [0.25, 0.3) is 0 Å². The normalized spacial score (nSPS) is 13.0. The van der Waals surface area contributed by atoms with E-state index in [0.717, 1.165) is 16.8 Å². The predicted molar refractivity (Wildman–Crippen MR) is 94.0 cm³/mol. The van der Waals surface area contributed by atoms with Gasteiger partial charge in [-0.05, 0) is 42.7 Å². The summed E-state index contributed by atoms with van der Waals surface area (Å²) in [5.74, 6) is -0.0264.